The molecule has 15 heavy (non-hydrogen) atoms. The number of carbonyl (C=O) groups is 2. The van der Waals surface area contributed by atoms with Crippen LogP contribution in [-0.4, -0.2) is 16.9 Å². The average molecular weight is 208 g/mol. The van der Waals surface area contributed by atoms with Crippen LogP contribution < -0.4 is 0 Å². The van der Waals surface area contributed by atoms with Crippen LogP contribution >= 0.6 is 0 Å². The van der Waals surface area contributed by atoms with Crippen LogP contribution in [0.25, 0.3) is 0 Å². The molecule has 0 aliphatic heterocycles. The van der Waals surface area contributed by atoms with Crippen LogP contribution in [0.5, 0.6) is 0 Å². The van der Waals surface area contributed by atoms with Crippen molar-refractivity contribution in [3.8, 4) is 0 Å². The van der Waals surface area contributed by atoms with Crippen LogP contribution in [0.2, 0.25) is 0 Å². The van der Waals surface area contributed by atoms with Crippen molar-refractivity contribution >= 4 is 11.8 Å². The Labute approximate surface area is 89.2 Å². The fourth-order valence-electron chi connectivity index (χ4n) is 2.86. The van der Waals surface area contributed by atoms with Gasteiger partial charge in [0.05, 0.1) is 0 Å². The second kappa shape index (κ2) is 3.80. The number of Topliss-reactive ketones (excluding diaryl/α,β-unsaturated/α-hetero) is 1. The fourth-order valence-corrected chi connectivity index (χ4v) is 2.86. The van der Waals surface area contributed by atoms with E-state index in [1.165, 1.54) is 0 Å². The summed E-state index contributed by atoms with van der Waals surface area (Å²) >= 11 is 0. The van der Waals surface area contributed by atoms with Gasteiger partial charge in [-0.2, -0.15) is 0 Å². The van der Waals surface area contributed by atoms with Crippen LogP contribution in [0.4, 0.5) is 0 Å². The van der Waals surface area contributed by atoms with Crippen molar-refractivity contribution in [2.75, 3.05) is 0 Å². The summed E-state index contributed by atoms with van der Waals surface area (Å²) in [6.07, 6.45) is 4.96. The number of fused-ring (bicyclic) bond motifs is 1. The summed E-state index contributed by atoms with van der Waals surface area (Å²) in [5.41, 5.74) is 0.490. The molecule has 0 saturated heterocycles. The van der Waals surface area contributed by atoms with E-state index in [2.05, 4.69) is 0 Å². The number of carboxylic acid groups (broad SMARTS) is 1. The third-order valence-corrected chi connectivity index (χ3v) is 3.74. The molecular formula is C12H16O3. The maximum Gasteiger partial charge on any atom is 0.331 e. The molecule has 0 heterocycles. The highest BCUT2D eigenvalue weighted by molar-refractivity contribution is 5.92. The van der Waals surface area contributed by atoms with Crippen molar-refractivity contribution in [1.82, 2.24) is 0 Å². The molecule has 0 radical (unpaired) electrons. The quantitative estimate of drug-likeness (QED) is 0.755. The van der Waals surface area contributed by atoms with Crippen molar-refractivity contribution in [3.63, 3.8) is 0 Å². The molecule has 2 rings (SSSR count). The number of carbonyl (C=O) groups excluding carboxylic acids is 1. The van der Waals surface area contributed by atoms with E-state index >= 15 is 0 Å². The van der Waals surface area contributed by atoms with E-state index < -0.39 is 5.97 Å². The second-order valence-corrected chi connectivity index (χ2v) is 4.55. The minimum atomic E-state index is -0.835. The molecule has 3 atom stereocenters. The maximum absolute atomic E-state index is 11.6. The van der Waals surface area contributed by atoms with E-state index in [1.54, 1.807) is 0 Å². The number of hydrogen-bond acceptors (Lipinski definition) is 2. The summed E-state index contributed by atoms with van der Waals surface area (Å²) in [7, 11) is 0. The smallest absolute Gasteiger partial charge is 0.331 e. The molecule has 0 aromatic heterocycles. The van der Waals surface area contributed by atoms with Gasteiger partial charge in [-0.3, -0.25) is 4.79 Å². The minimum absolute atomic E-state index is 0.00204. The molecule has 0 amide bonds. The molecule has 3 unspecified atom stereocenters. The lowest BCUT2D eigenvalue weighted by molar-refractivity contribution is -0.133. The van der Waals surface area contributed by atoms with Crippen LogP contribution in [0.3, 0.4) is 0 Å². The van der Waals surface area contributed by atoms with E-state index in [1.807, 2.05) is 13.0 Å². The molecule has 2 aliphatic rings. The predicted octanol–water partition coefficient (Wildman–Crippen LogP) is 2.02. The van der Waals surface area contributed by atoms with Gasteiger partial charge in [-0.05, 0) is 25.2 Å². The lowest BCUT2D eigenvalue weighted by atomic mass is 9.75. The zero-order chi connectivity index (χ0) is 11.0. The zero-order valence-corrected chi connectivity index (χ0v) is 8.90. The van der Waals surface area contributed by atoms with Crippen molar-refractivity contribution in [2.24, 2.45) is 17.8 Å². The molecule has 82 valence electrons. The summed E-state index contributed by atoms with van der Waals surface area (Å²) in [6, 6.07) is 0. The first-order valence-electron chi connectivity index (χ1n) is 5.61. The highest BCUT2D eigenvalue weighted by atomic mass is 16.4. The number of rotatable bonds is 2. The normalized spacial score (nSPS) is 34.9. The van der Waals surface area contributed by atoms with Gasteiger partial charge in [0.25, 0.3) is 0 Å². The van der Waals surface area contributed by atoms with Gasteiger partial charge in [0, 0.05) is 23.8 Å². The Balaban J connectivity index is 2.30. The van der Waals surface area contributed by atoms with Gasteiger partial charge in [0.1, 0.15) is 5.78 Å². The molecule has 0 aromatic carbocycles. The first-order valence-corrected chi connectivity index (χ1v) is 5.61. The lowest BCUT2D eigenvalue weighted by Crippen LogP contribution is -2.27. The van der Waals surface area contributed by atoms with Crippen molar-refractivity contribution in [1.29, 1.82) is 0 Å². The van der Waals surface area contributed by atoms with Crippen LogP contribution in [0.1, 0.15) is 32.6 Å². The molecule has 3 nitrogen and oxygen atoms in total. The topological polar surface area (TPSA) is 54.4 Å². The number of hydrogen-bond donors (Lipinski definition) is 1. The summed E-state index contributed by atoms with van der Waals surface area (Å²) in [6.45, 7) is 2.04. The summed E-state index contributed by atoms with van der Waals surface area (Å²) in [4.78, 5) is 22.7. The Morgan fingerprint density at radius 1 is 1.53 bits per heavy atom. The zero-order valence-electron chi connectivity index (χ0n) is 8.90. The Morgan fingerprint density at radius 2 is 2.27 bits per heavy atom. The first-order chi connectivity index (χ1) is 7.13. The SMILES string of the molecule is CCC1C=C(C(=O)O)C2CCC(=O)C2C1. The van der Waals surface area contributed by atoms with Crippen LogP contribution in [-0.2, 0) is 9.59 Å². The van der Waals surface area contributed by atoms with Gasteiger partial charge in [0.2, 0.25) is 0 Å². The third kappa shape index (κ3) is 1.71. The van der Waals surface area contributed by atoms with Crippen LogP contribution in [0, 0.1) is 17.8 Å². The number of allylic oxidation sites excluding steroid dienone is 1. The van der Waals surface area contributed by atoms with E-state index in [0.29, 0.717) is 12.0 Å². The average Bonchev–Trinajstić information content (AvgIpc) is 2.59. The molecule has 1 N–H and O–H groups in total. The minimum Gasteiger partial charge on any atom is -0.478 e. The summed E-state index contributed by atoms with van der Waals surface area (Å²) in [5.74, 6) is -0.300. The van der Waals surface area contributed by atoms with Crippen molar-refractivity contribution in [3.05, 3.63) is 11.6 Å². The fraction of sp³-hybridized carbons (Fsp3) is 0.667. The predicted molar refractivity (Wildman–Crippen MR) is 55.3 cm³/mol. The van der Waals surface area contributed by atoms with E-state index in [9.17, 15) is 9.59 Å². The highest BCUT2D eigenvalue weighted by Crippen LogP contribution is 2.43. The van der Waals surface area contributed by atoms with Gasteiger partial charge in [-0.15, -0.1) is 0 Å². The van der Waals surface area contributed by atoms with E-state index in [-0.39, 0.29) is 23.5 Å². The molecule has 2 aliphatic carbocycles. The van der Waals surface area contributed by atoms with Gasteiger partial charge < -0.3 is 5.11 Å². The Hall–Kier alpha value is -1.12. The van der Waals surface area contributed by atoms with Gasteiger partial charge in [0.15, 0.2) is 0 Å². The summed E-state index contributed by atoms with van der Waals surface area (Å²) in [5, 5.41) is 9.11. The molecule has 1 saturated carbocycles. The number of ketones is 1. The van der Waals surface area contributed by atoms with E-state index in [0.717, 1.165) is 19.3 Å². The highest BCUT2D eigenvalue weighted by Gasteiger charge is 2.42. The molecular weight excluding hydrogens is 192 g/mol. The largest absolute Gasteiger partial charge is 0.478 e. The lowest BCUT2D eigenvalue weighted by Gasteiger charge is -2.28. The standard InChI is InChI=1S/C12H16O3/c1-2-7-5-9-8(3-4-11(9)13)10(6-7)12(14)15/h6-9H,2-5H2,1H3,(H,14,15). The molecule has 0 bridgehead atoms. The third-order valence-electron chi connectivity index (χ3n) is 3.74. The maximum atomic E-state index is 11.6. The number of carboxylic acids is 1. The Kier molecular flexibility index (Phi) is 2.63. The molecule has 3 heteroatoms. The number of aliphatic carboxylic acids is 1. The Bertz CT molecular complexity index is 330. The van der Waals surface area contributed by atoms with Gasteiger partial charge in [-0.25, -0.2) is 4.79 Å². The second-order valence-electron chi connectivity index (χ2n) is 4.55. The van der Waals surface area contributed by atoms with Gasteiger partial charge >= 0.3 is 5.97 Å². The summed E-state index contributed by atoms with van der Waals surface area (Å²) < 4.78 is 0. The van der Waals surface area contributed by atoms with E-state index in [4.69, 9.17) is 5.11 Å². The monoisotopic (exact) mass is 208 g/mol. The molecule has 0 spiro atoms. The van der Waals surface area contributed by atoms with Gasteiger partial charge in [-0.1, -0.05) is 13.0 Å². The Morgan fingerprint density at radius 3 is 2.87 bits per heavy atom. The molecule has 1 fully saturated rings. The van der Waals surface area contributed by atoms with Crippen molar-refractivity contribution in [2.45, 2.75) is 32.6 Å². The first kappa shape index (κ1) is 10.4. The van der Waals surface area contributed by atoms with Crippen molar-refractivity contribution < 1.29 is 14.7 Å². The van der Waals surface area contributed by atoms with Crippen LogP contribution in [0.15, 0.2) is 11.6 Å². The molecule has 0 aromatic rings.